The maximum Gasteiger partial charge on any atom is 0.207 e. The van der Waals surface area contributed by atoms with Gasteiger partial charge in [0.2, 0.25) is 6.39 Å². The Kier molecular flexibility index (Phi) is 3.91. The summed E-state index contributed by atoms with van der Waals surface area (Å²) in [5, 5.41) is 2.58. The molecule has 1 saturated heterocycles. The Morgan fingerprint density at radius 3 is 2.56 bits per heavy atom. The molecule has 2 rings (SSSR count). The first-order valence-electron chi connectivity index (χ1n) is 7.12. The first kappa shape index (κ1) is 11.7. The summed E-state index contributed by atoms with van der Waals surface area (Å²) >= 11 is 0. The van der Waals surface area contributed by atoms with Gasteiger partial charge in [-0.3, -0.25) is 4.79 Å². The molecule has 1 atom stereocenters. The van der Waals surface area contributed by atoms with Gasteiger partial charge in [0.1, 0.15) is 1.37 Å². The van der Waals surface area contributed by atoms with Crippen LogP contribution in [0, 0.1) is 0 Å². The minimum atomic E-state index is -0.730. The van der Waals surface area contributed by atoms with Crippen molar-refractivity contribution in [3.05, 3.63) is 35.4 Å². The van der Waals surface area contributed by atoms with Crippen LogP contribution < -0.4 is 5.32 Å². The van der Waals surface area contributed by atoms with Crippen LogP contribution in [0.15, 0.2) is 24.3 Å². The molecule has 1 aromatic carbocycles. The number of rotatable bonds is 3. The zero-order valence-corrected chi connectivity index (χ0v) is 11.1. The lowest BCUT2D eigenvalue weighted by atomic mass is 9.89. The number of hydrogen-bond acceptors (Lipinski definition) is 2. The molecule has 0 aromatic heterocycles. The van der Waals surface area contributed by atoms with Gasteiger partial charge in [-0.05, 0) is 56.9 Å². The zero-order chi connectivity index (χ0) is 13.8. The van der Waals surface area contributed by atoms with E-state index in [1.807, 2.05) is 6.92 Å². The maximum atomic E-state index is 10.7. The van der Waals surface area contributed by atoms with Crippen molar-refractivity contribution in [2.75, 3.05) is 20.1 Å². The lowest BCUT2D eigenvalue weighted by Gasteiger charge is -2.29. The van der Waals surface area contributed by atoms with Crippen molar-refractivity contribution in [3.63, 3.8) is 0 Å². The second-order valence-electron chi connectivity index (χ2n) is 5.21. The molecule has 1 aromatic rings. The molecule has 1 amide bonds. The van der Waals surface area contributed by atoms with Crippen LogP contribution in [0.1, 0.15) is 44.2 Å². The molecular weight excluding hydrogens is 224 g/mol. The summed E-state index contributed by atoms with van der Waals surface area (Å²) in [5.74, 6) is 0.659. The second kappa shape index (κ2) is 6.01. The number of piperidine rings is 1. The van der Waals surface area contributed by atoms with Crippen molar-refractivity contribution >= 4 is 6.39 Å². The van der Waals surface area contributed by atoms with Crippen molar-refractivity contribution in [1.29, 1.82) is 0 Å². The minimum absolute atomic E-state index is 0.100. The summed E-state index contributed by atoms with van der Waals surface area (Å²) in [5.41, 5.74) is 2.44. The second-order valence-corrected chi connectivity index (χ2v) is 5.21. The standard InChI is InChI=1S/C15H22N2O/c1-12(16-11-18)13-3-5-14(6-4-13)15-7-9-17(2)10-8-15/h3-6,11-12,15H,7-10H2,1-2H3,(H,16,18)/t12-/m1/s1/i11T. The van der Waals surface area contributed by atoms with Gasteiger partial charge in [0.15, 0.2) is 0 Å². The largest absolute Gasteiger partial charge is 0.352 e. The molecule has 0 radical (unpaired) electrons. The molecule has 3 nitrogen and oxygen atoms in total. The highest BCUT2D eigenvalue weighted by Crippen LogP contribution is 2.28. The van der Waals surface area contributed by atoms with Gasteiger partial charge >= 0.3 is 0 Å². The van der Waals surface area contributed by atoms with Gasteiger partial charge in [-0.25, -0.2) is 0 Å². The van der Waals surface area contributed by atoms with E-state index in [1.165, 1.54) is 18.4 Å². The smallest absolute Gasteiger partial charge is 0.207 e. The number of carbonyl (C=O) groups excluding carboxylic acids is 1. The van der Waals surface area contributed by atoms with Gasteiger partial charge in [0.25, 0.3) is 0 Å². The predicted octanol–water partition coefficient (Wildman–Crippen LogP) is 2.30. The average molecular weight is 248 g/mol. The van der Waals surface area contributed by atoms with Crippen molar-refractivity contribution < 1.29 is 6.17 Å². The Balaban J connectivity index is 2.00. The lowest BCUT2D eigenvalue weighted by Crippen LogP contribution is -2.29. The number of benzene rings is 1. The summed E-state index contributed by atoms with van der Waals surface area (Å²) in [7, 11) is 2.17. The summed E-state index contributed by atoms with van der Waals surface area (Å²) in [4.78, 5) is 13.1. The molecule has 1 N–H and O–H groups in total. The molecule has 1 aliphatic heterocycles. The Hall–Kier alpha value is -1.35. The average Bonchev–Trinajstić information content (AvgIpc) is 2.39. The number of carbonyl (C=O) groups is 1. The fourth-order valence-electron chi connectivity index (χ4n) is 2.57. The molecule has 0 bridgehead atoms. The molecule has 1 heterocycles. The molecule has 0 unspecified atom stereocenters. The first-order chi connectivity index (χ1) is 9.06. The molecule has 1 fully saturated rings. The molecule has 0 saturated carbocycles. The number of amides is 1. The predicted molar refractivity (Wildman–Crippen MR) is 73.5 cm³/mol. The Morgan fingerprint density at radius 1 is 1.39 bits per heavy atom. The van der Waals surface area contributed by atoms with E-state index in [0.717, 1.165) is 18.7 Å². The molecule has 3 heteroatoms. The van der Waals surface area contributed by atoms with Crippen LogP contribution >= 0.6 is 0 Å². The van der Waals surface area contributed by atoms with E-state index in [0.29, 0.717) is 5.92 Å². The zero-order valence-electron chi connectivity index (χ0n) is 12.1. The van der Waals surface area contributed by atoms with E-state index in [-0.39, 0.29) is 6.04 Å². The minimum Gasteiger partial charge on any atom is -0.352 e. The fourth-order valence-corrected chi connectivity index (χ4v) is 2.57. The molecule has 18 heavy (non-hydrogen) atoms. The van der Waals surface area contributed by atoms with E-state index in [9.17, 15) is 4.79 Å². The summed E-state index contributed by atoms with van der Waals surface area (Å²) in [6, 6.07) is 8.36. The van der Waals surface area contributed by atoms with Crippen LogP contribution in [0.5, 0.6) is 0 Å². The van der Waals surface area contributed by atoms with Gasteiger partial charge in [-0.15, -0.1) is 0 Å². The molecule has 1 aliphatic rings. The Bertz CT molecular complexity index is 424. The third-order valence-corrected chi connectivity index (χ3v) is 3.90. The SMILES string of the molecule is [3H]C(=O)N[C@H](C)c1ccc(C2CCN(C)CC2)cc1. The van der Waals surface area contributed by atoms with Gasteiger partial charge in [-0.2, -0.15) is 0 Å². The maximum absolute atomic E-state index is 10.7. The highest BCUT2D eigenvalue weighted by Gasteiger charge is 2.18. The summed E-state index contributed by atoms with van der Waals surface area (Å²) in [6.45, 7) is 4.23. The number of hydrogen-bond donors (Lipinski definition) is 1. The van der Waals surface area contributed by atoms with Crippen molar-refractivity contribution in [2.45, 2.75) is 31.7 Å². The van der Waals surface area contributed by atoms with Crippen molar-refractivity contribution in [3.8, 4) is 0 Å². The Labute approximate surface area is 111 Å². The van der Waals surface area contributed by atoms with Crippen molar-refractivity contribution in [2.24, 2.45) is 0 Å². The van der Waals surface area contributed by atoms with E-state index in [1.54, 1.807) is 0 Å². The highest BCUT2D eigenvalue weighted by atomic mass is 16.1. The monoisotopic (exact) mass is 248 g/mol. The normalized spacial score (nSPS) is 20.2. The van der Waals surface area contributed by atoms with Gasteiger partial charge in [-0.1, -0.05) is 24.3 Å². The van der Waals surface area contributed by atoms with E-state index in [4.69, 9.17) is 1.37 Å². The lowest BCUT2D eigenvalue weighted by molar-refractivity contribution is -0.110. The highest BCUT2D eigenvalue weighted by molar-refractivity contribution is 5.47. The Morgan fingerprint density at radius 2 is 2.00 bits per heavy atom. The quantitative estimate of drug-likeness (QED) is 0.833. The first-order valence-corrected chi connectivity index (χ1v) is 6.62. The summed E-state index contributed by atoms with van der Waals surface area (Å²) < 4.78 is 6.92. The molecule has 0 spiro atoms. The summed E-state index contributed by atoms with van der Waals surface area (Å²) in [6.07, 6.45) is 1.70. The third-order valence-electron chi connectivity index (χ3n) is 3.90. The fraction of sp³-hybridized carbons (Fsp3) is 0.533. The van der Waals surface area contributed by atoms with Crippen LogP contribution in [-0.2, 0) is 4.79 Å². The molecular formula is C15H22N2O. The van der Waals surface area contributed by atoms with Crippen LogP contribution in [0.25, 0.3) is 0 Å². The topological polar surface area (TPSA) is 32.3 Å². The van der Waals surface area contributed by atoms with E-state index >= 15 is 0 Å². The van der Waals surface area contributed by atoms with Gasteiger partial charge in [0.05, 0.1) is 6.04 Å². The van der Waals surface area contributed by atoms with Crippen LogP contribution in [0.2, 0.25) is 0 Å². The van der Waals surface area contributed by atoms with Gasteiger partial charge < -0.3 is 10.2 Å². The number of nitrogens with zero attached hydrogens (tertiary/aromatic N) is 1. The van der Waals surface area contributed by atoms with Crippen molar-refractivity contribution in [1.82, 2.24) is 10.2 Å². The number of likely N-dealkylation sites (tertiary alicyclic amines) is 1. The van der Waals surface area contributed by atoms with E-state index < -0.39 is 6.39 Å². The molecule has 98 valence electrons. The van der Waals surface area contributed by atoms with Crippen LogP contribution in [0.3, 0.4) is 0 Å². The third kappa shape index (κ3) is 3.10. The molecule has 0 aliphatic carbocycles. The van der Waals surface area contributed by atoms with Gasteiger partial charge in [0, 0.05) is 0 Å². The van der Waals surface area contributed by atoms with Crippen LogP contribution in [0.4, 0.5) is 0 Å². The van der Waals surface area contributed by atoms with Crippen LogP contribution in [-0.4, -0.2) is 31.4 Å². The van der Waals surface area contributed by atoms with E-state index in [2.05, 4.69) is 41.5 Å². The number of nitrogens with one attached hydrogen (secondary N) is 1.